The molecule has 1 rings (SSSR count). The third-order valence-corrected chi connectivity index (χ3v) is 2.65. The van der Waals surface area contributed by atoms with E-state index in [1.54, 1.807) is 13.2 Å². The topological polar surface area (TPSA) is 24.5 Å². The van der Waals surface area contributed by atoms with Crippen molar-refractivity contribution in [1.29, 1.82) is 0 Å². The first-order valence-electron chi connectivity index (χ1n) is 5.88. The van der Waals surface area contributed by atoms with Crippen LogP contribution in [0.1, 0.15) is 12.5 Å². The molecule has 3 nitrogen and oxygen atoms in total. The van der Waals surface area contributed by atoms with E-state index >= 15 is 0 Å². The predicted molar refractivity (Wildman–Crippen MR) is 68.9 cm³/mol. The zero-order valence-corrected chi connectivity index (χ0v) is 10.8. The smallest absolute Gasteiger partial charge is 0.123 e. The molecular weight excluding hydrogens is 219 g/mol. The van der Waals surface area contributed by atoms with Gasteiger partial charge in [0.05, 0.1) is 6.61 Å². The molecule has 0 aliphatic rings. The van der Waals surface area contributed by atoms with E-state index in [0.717, 1.165) is 24.3 Å². The molecule has 0 aliphatic heterocycles. The fourth-order valence-corrected chi connectivity index (χ4v) is 1.68. The van der Waals surface area contributed by atoms with E-state index in [1.165, 1.54) is 6.07 Å². The van der Waals surface area contributed by atoms with E-state index in [0.29, 0.717) is 13.2 Å². The second-order valence-electron chi connectivity index (χ2n) is 3.97. The van der Waals surface area contributed by atoms with Gasteiger partial charge in [0.25, 0.3) is 0 Å². The summed E-state index contributed by atoms with van der Waals surface area (Å²) in [5.74, 6) is -0.193. The van der Waals surface area contributed by atoms with Gasteiger partial charge in [-0.05, 0) is 30.3 Å². The highest BCUT2D eigenvalue weighted by Crippen LogP contribution is 2.20. The van der Waals surface area contributed by atoms with E-state index in [1.807, 2.05) is 20.0 Å². The van der Waals surface area contributed by atoms with Gasteiger partial charge >= 0.3 is 0 Å². The molecule has 0 saturated heterocycles. The fraction of sp³-hybridized carbons (Fsp3) is 0.538. The van der Waals surface area contributed by atoms with Gasteiger partial charge < -0.3 is 15.0 Å². The molecule has 1 aromatic rings. The summed E-state index contributed by atoms with van der Waals surface area (Å²) in [6.45, 7) is 5.04. The average Bonchev–Trinajstić information content (AvgIpc) is 2.33. The lowest BCUT2D eigenvalue weighted by molar-refractivity contribution is 0.206. The van der Waals surface area contributed by atoms with Gasteiger partial charge in [0.2, 0.25) is 0 Å². The average molecular weight is 240 g/mol. The molecule has 0 bridgehead atoms. The molecule has 1 N–H and O–H groups in total. The highest BCUT2D eigenvalue weighted by molar-refractivity contribution is 5.53. The number of methoxy groups -OCH3 is 1. The molecule has 0 amide bonds. The van der Waals surface area contributed by atoms with Crippen molar-refractivity contribution < 1.29 is 9.13 Å². The molecular formula is C13H21FN2O. The van der Waals surface area contributed by atoms with E-state index < -0.39 is 0 Å². The van der Waals surface area contributed by atoms with Crippen molar-refractivity contribution in [1.82, 2.24) is 5.32 Å². The summed E-state index contributed by atoms with van der Waals surface area (Å²) >= 11 is 0. The van der Waals surface area contributed by atoms with E-state index in [-0.39, 0.29) is 5.82 Å². The third-order valence-electron chi connectivity index (χ3n) is 2.65. The number of hydrogen-bond donors (Lipinski definition) is 1. The van der Waals surface area contributed by atoms with Gasteiger partial charge in [-0.1, -0.05) is 6.92 Å². The quantitative estimate of drug-likeness (QED) is 0.789. The number of nitrogens with zero attached hydrogens (tertiary/aromatic N) is 1. The molecule has 1 aromatic carbocycles. The Bertz CT molecular complexity index is 344. The number of rotatable bonds is 7. The van der Waals surface area contributed by atoms with Crippen LogP contribution >= 0.6 is 0 Å². The van der Waals surface area contributed by atoms with Crippen LogP contribution in [-0.2, 0) is 11.3 Å². The number of nitrogens with one attached hydrogen (secondary N) is 1. The summed E-state index contributed by atoms with van der Waals surface area (Å²) in [6.07, 6.45) is 0. The predicted octanol–water partition coefficient (Wildman–Crippen LogP) is 2.02. The number of anilines is 1. The maximum absolute atomic E-state index is 13.2. The number of halogens is 1. The van der Waals surface area contributed by atoms with E-state index in [2.05, 4.69) is 10.2 Å². The lowest BCUT2D eigenvalue weighted by Gasteiger charge is -2.22. The van der Waals surface area contributed by atoms with Gasteiger partial charge in [0.15, 0.2) is 0 Å². The van der Waals surface area contributed by atoms with Crippen molar-refractivity contribution in [3.05, 3.63) is 29.6 Å². The Labute approximate surface area is 103 Å². The maximum atomic E-state index is 13.2. The molecule has 0 saturated carbocycles. The molecule has 0 aromatic heterocycles. The zero-order chi connectivity index (χ0) is 12.7. The zero-order valence-electron chi connectivity index (χ0n) is 10.8. The minimum absolute atomic E-state index is 0.193. The summed E-state index contributed by atoms with van der Waals surface area (Å²) in [7, 11) is 3.67. The molecule has 0 spiro atoms. The second-order valence-corrected chi connectivity index (χ2v) is 3.97. The molecule has 0 unspecified atom stereocenters. The monoisotopic (exact) mass is 240 g/mol. The molecule has 0 fully saturated rings. The summed E-state index contributed by atoms with van der Waals surface area (Å²) in [4.78, 5) is 2.08. The van der Waals surface area contributed by atoms with E-state index in [9.17, 15) is 4.39 Å². The van der Waals surface area contributed by atoms with Gasteiger partial charge in [0, 0.05) is 32.9 Å². The molecule has 0 radical (unpaired) electrons. The van der Waals surface area contributed by atoms with Crippen molar-refractivity contribution in [2.45, 2.75) is 13.5 Å². The number of likely N-dealkylation sites (N-methyl/N-ethyl adjacent to an activating group) is 1. The van der Waals surface area contributed by atoms with Crippen LogP contribution in [0.25, 0.3) is 0 Å². The van der Waals surface area contributed by atoms with Gasteiger partial charge in [-0.25, -0.2) is 4.39 Å². The molecule has 0 aliphatic carbocycles. The summed E-state index contributed by atoms with van der Waals surface area (Å²) in [5, 5.41) is 3.22. The third kappa shape index (κ3) is 4.32. The molecule has 96 valence electrons. The van der Waals surface area contributed by atoms with Crippen molar-refractivity contribution in [2.75, 3.05) is 38.8 Å². The first-order valence-corrected chi connectivity index (χ1v) is 5.88. The van der Waals surface area contributed by atoms with Crippen LogP contribution < -0.4 is 10.2 Å². The standard InChI is InChI=1S/C13H21FN2O/c1-4-15-10-11-9-12(14)5-6-13(11)16(2)7-8-17-3/h5-6,9,15H,4,7-8,10H2,1-3H3. The van der Waals surface area contributed by atoms with Crippen LogP contribution in [0.5, 0.6) is 0 Å². The van der Waals surface area contributed by atoms with Gasteiger partial charge in [-0.2, -0.15) is 0 Å². The Morgan fingerprint density at radius 1 is 1.41 bits per heavy atom. The SMILES string of the molecule is CCNCc1cc(F)ccc1N(C)CCOC. The van der Waals surface area contributed by atoms with Gasteiger partial charge in [0.1, 0.15) is 5.82 Å². The fourth-order valence-electron chi connectivity index (χ4n) is 1.68. The normalized spacial score (nSPS) is 10.6. The molecule has 0 atom stereocenters. The minimum Gasteiger partial charge on any atom is -0.383 e. The Morgan fingerprint density at radius 2 is 2.18 bits per heavy atom. The summed E-state index contributed by atoms with van der Waals surface area (Å²) in [5.41, 5.74) is 2.02. The van der Waals surface area contributed by atoms with Crippen molar-refractivity contribution in [3.63, 3.8) is 0 Å². The Morgan fingerprint density at radius 3 is 2.82 bits per heavy atom. The second kappa shape index (κ2) is 7.25. The number of ether oxygens (including phenoxy) is 1. The van der Waals surface area contributed by atoms with Crippen molar-refractivity contribution in [3.8, 4) is 0 Å². The first kappa shape index (κ1) is 13.9. The Balaban J connectivity index is 2.80. The highest BCUT2D eigenvalue weighted by Gasteiger charge is 2.08. The van der Waals surface area contributed by atoms with Gasteiger partial charge in [-0.15, -0.1) is 0 Å². The van der Waals surface area contributed by atoms with Crippen LogP contribution in [-0.4, -0.2) is 33.9 Å². The van der Waals surface area contributed by atoms with Crippen LogP contribution in [0.2, 0.25) is 0 Å². The van der Waals surface area contributed by atoms with Crippen molar-refractivity contribution in [2.24, 2.45) is 0 Å². The lowest BCUT2D eigenvalue weighted by atomic mass is 10.1. The van der Waals surface area contributed by atoms with Crippen LogP contribution in [0.3, 0.4) is 0 Å². The Kier molecular flexibility index (Phi) is 5.94. The molecule has 0 heterocycles. The van der Waals surface area contributed by atoms with Crippen LogP contribution in [0.4, 0.5) is 10.1 Å². The molecule has 17 heavy (non-hydrogen) atoms. The number of hydrogen-bond acceptors (Lipinski definition) is 3. The summed E-state index contributed by atoms with van der Waals surface area (Å²) < 4.78 is 18.3. The maximum Gasteiger partial charge on any atom is 0.123 e. The summed E-state index contributed by atoms with van der Waals surface area (Å²) in [6, 6.07) is 4.90. The van der Waals surface area contributed by atoms with Crippen LogP contribution in [0, 0.1) is 5.82 Å². The lowest BCUT2D eigenvalue weighted by Crippen LogP contribution is -2.24. The first-order chi connectivity index (χ1) is 8.19. The van der Waals surface area contributed by atoms with Crippen LogP contribution in [0.15, 0.2) is 18.2 Å². The number of benzene rings is 1. The minimum atomic E-state index is -0.193. The molecule has 4 heteroatoms. The van der Waals surface area contributed by atoms with Gasteiger partial charge in [-0.3, -0.25) is 0 Å². The van der Waals surface area contributed by atoms with Crippen molar-refractivity contribution >= 4 is 5.69 Å². The highest BCUT2D eigenvalue weighted by atomic mass is 19.1. The largest absolute Gasteiger partial charge is 0.383 e. The Hall–Kier alpha value is -1.13. The van der Waals surface area contributed by atoms with E-state index in [4.69, 9.17) is 4.74 Å².